The van der Waals surface area contributed by atoms with Crippen LogP contribution in [0.25, 0.3) is 10.2 Å². The zero-order chi connectivity index (χ0) is 7.84. The van der Waals surface area contributed by atoms with Gasteiger partial charge >= 0.3 is 0 Å². The van der Waals surface area contributed by atoms with E-state index in [0.29, 0.717) is 0 Å². The number of fused-ring (bicyclic) bond motifs is 1. The molecule has 2 aromatic rings. The molecule has 0 unspecified atom stereocenters. The van der Waals surface area contributed by atoms with Crippen molar-refractivity contribution in [2.75, 3.05) is 0 Å². The Kier molecular flexibility index (Phi) is 2.16. The van der Waals surface area contributed by atoms with Crippen LogP contribution in [0.5, 0.6) is 0 Å². The van der Waals surface area contributed by atoms with E-state index < -0.39 is 0 Å². The van der Waals surface area contributed by atoms with E-state index in [2.05, 4.69) is 61.7 Å². The third-order valence-electron chi connectivity index (χ3n) is 1.34. The molecule has 1 nitrogen and oxygen atoms in total. The highest BCUT2D eigenvalue weighted by atomic mass is 127. The van der Waals surface area contributed by atoms with Crippen molar-refractivity contribution >= 4 is 60.1 Å². The lowest BCUT2D eigenvalue weighted by molar-refractivity contribution is 1.44. The number of benzene rings is 1. The van der Waals surface area contributed by atoms with E-state index in [-0.39, 0.29) is 0 Å². The van der Waals surface area contributed by atoms with Crippen molar-refractivity contribution in [1.29, 1.82) is 0 Å². The first-order chi connectivity index (χ1) is 5.27. The van der Waals surface area contributed by atoms with Gasteiger partial charge in [0.15, 0.2) is 3.92 Å². The van der Waals surface area contributed by atoms with E-state index in [0.717, 1.165) is 9.43 Å². The quantitative estimate of drug-likeness (QED) is 0.667. The Bertz CT molecular complexity index is 398. The van der Waals surface area contributed by atoms with Gasteiger partial charge in [-0.1, -0.05) is 6.07 Å². The number of hydrogen-bond donors (Lipinski definition) is 0. The Balaban J connectivity index is 2.90. The molecule has 1 aromatic heterocycles. The number of rotatable bonds is 0. The monoisotopic (exact) mass is 339 g/mol. The average molecular weight is 340 g/mol. The minimum absolute atomic E-state index is 0.955. The highest BCUT2D eigenvalue weighted by Gasteiger charge is 2.02. The molecular formula is C7H3BrINS. The van der Waals surface area contributed by atoms with Crippen LogP contribution in [-0.2, 0) is 0 Å². The Morgan fingerprint density at radius 2 is 2.27 bits per heavy atom. The van der Waals surface area contributed by atoms with Gasteiger partial charge in [0.2, 0.25) is 0 Å². The maximum absolute atomic E-state index is 4.34. The van der Waals surface area contributed by atoms with E-state index in [4.69, 9.17) is 0 Å². The van der Waals surface area contributed by atoms with Crippen molar-refractivity contribution < 1.29 is 0 Å². The number of nitrogens with zero attached hydrogens (tertiary/aromatic N) is 1. The molecule has 0 aliphatic heterocycles. The van der Waals surface area contributed by atoms with Crippen LogP contribution in [0.4, 0.5) is 0 Å². The molecule has 56 valence electrons. The lowest BCUT2D eigenvalue weighted by Gasteiger charge is -1.88. The largest absolute Gasteiger partial charge is 0.228 e. The number of para-hydroxylation sites is 1. The van der Waals surface area contributed by atoms with Crippen LogP contribution in [0.1, 0.15) is 0 Å². The number of aromatic nitrogens is 1. The van der Waals surface area contributed by atoms with Gasteiger partial charge in [-0.2, -0.15) is 0 Å². The molecule has 2 rings (SSSR count). The molecule has 0 fully saturated rings. The van der Waals surface area contributed by atoms with Crippen molar-refractivity contribution in [2.45, 2.75) is 0 Å². The van der Waals surface area contributed by atoms with Gasteiger partial charge in [0.05, 0.1) is 10.2 Å². The smallest absolute Gasteiger partial charge is 0.160 e. The van der Waals surface area contributed by atoms with Gasteiger partial charge in [0.25, 0.3) is 0 Å². The van der Waals surface area contributed by atoms with Gasteiger partial charge < -0.3 is 0 Å². The molecule has 0 aliphatic carbocycles. The molecule has 0 amide bonds. The Morgan fingerprint density at radius 1 is 1.45 bits per heavy atom. The molecule has 0 N–H and O–H groups in total. The molecule has 1 heterocycles. The Morgan fingerprint density at radius 3 is 3.00 bits per heavy atom. The molecule has 0 aliphatic rings. The van der Waals surface area contributed by atoms with E-state index in [1.165, 1.54) is 8.27 Å². The van der Waals surface area contributed by atoms with Crippen LogP contribution in [-0.4, -0.2) is 4.98 Å². The van der Waals surface area contributed by atoms with E-state index >= 15 is 0 Å². The van der Waals surface area contributed by atoms with Crippen LogP contribution in [0.3, 0.4) is 0 Å². The molecule has 11 heavy (non-hydrogen) atoms. The van der Waals surface area contributed by atoms with Crippen molar-refractivity contribution in [3.63, 3.8) is 0 Å². The van der Waals surface area contributed by atoms with E-state index in [1.54, 1.807) is 11.3 Å². The van der Waals surface area contributed by atoms with Crippen LogP contribution in [0.15, 0.2) is 22.1 Å². The lowest BCUT2D eigenvalue weighted by atomic mass is 10.3. The average Bonchev–Trinajstić information content (AvgIpc) is 2.31. The predicted octanol–water partition coefficient (Wildman–Crippen LogP) is 3.66. The third kappa shape index (κ3) is 1.43. The van der Waals surface area contributed by atoms with Gasteiger partial charge in [-0.15, -0.1) is 11.3 Å². The first-order valence-electron chi connectivity index (χ1n) is 2.98. The summed E-state index contributed by atoms with van der Waals surface area (Å²) in [6, 6.07) is 6.20. The van der Waals surface area contributed by atoms with Gasteiger partial charge in [0, 0.05) is 3.57 Å². The Labute approximate surface area is 90.1 Å². The van der Waals surface area contributed by atoms with Crippen molar-refractivity contribution in [3.8, 4) is 0 Å². The highest BCUT2D eigenvalue weighted by Crippen LogP contribution is 2.28. The molecule has 0 radical (unpaired) electrons. The fourth-order valence-corrected chi connectivity index (χ4v) is 3.11. The molecule has 0 saturated carbocycles. The van der Waals surface area contributed by atoms with Crippen molar-refractivity contribution in [2.24, 2.45) is 0 Å². The second-order valence-corrected chi connectivity index (χ2v) is 5.52. The van der Waals surface area contributed by atoms with E-state index in [9.17, 15) is 0 Å². The molecule has 0 saturated heterocycles. The molecule has 4 heteroatoms. The lowest BCUT2D eigenvalue weighted by Crippen LogP contribution is -1.72. The summed E-state index contributed by atoms with van der Waals surface area (Å²) in [5.74, 6) is 0. The van der Waals surface area contributed by atoms with Crippen molar-refractivity contribution in [1.82, 2.24) is 4.98 Å². The summed E-state index contributed by atoms with van der Waals surface area (Å²) < 4.78 is 3.41. The fourth-order valence-electron chi connectivity index (χ4n) is 0.888. The van der Waals surface area contributed by atoms with Gasteiger partial charge in [0.1, 0.15) is 0 Å². The summed E-state index contributed by atoms with van der Waals surface area (Å²) in [4.78, 5) is 4.34. The second-order valence-electron chi connectivity index (χ2n) is 2.05. The van der Waals surface area contributed by atoms with Crippen LogP contribution >= 0.6 is 49.9 Å². The van der Waals surface area contributed by atoms with Gasteiger partial charge in [-0.05, 0) is 50.7 Å². The molecule has 0 spiro atoms. The molecule has 0 bridgehead atoms. The normalized spacial score (nSPS) is 10.7. The number of hydrogen-bond acceptors (Lipinski definition) is 2. The fraction of sp³-hybridized carbons (Fsp3) is 0. The van der Waals surface area contributed by atoms with Crippen LogP contribution in [0.2, 0.25) is 0 Å². The maximum atomic E-state index is 4.34. The number of thiazole rings is 1. The van der Waals surface area contributed by atoms with Crippen LogP contribution in [0, 0.1) is 3.57 Å². The van der Waals surface area contributed by atoms with Crippen molar-refractivity contribution in [3.05, 3.63) is 25.7 Å². The zero-order valence-electron chi connectivity index (χ0n) is 5.34. The van der Waals surface area contributed by atoms with E-state index in [1.807, 2.05) is 0 Å². The standard InChI is InChI=1S/C7H3BrINS/c8-7-10-6-4(9)2-1-3-5(6)11-7/h1-3H. The predicted molar refractivity (Wildman–Crippen MR) is 60.0 cm³/mol. The van der Waals surface area contributed by atoms with Gasteiger partial charge in [-0.3, -0.25) is 0 Å². The summed E-state index contributed by atoms with van der Waals surface area (Å²) in [5.41, 5.74) is 1.10. The SMILES string of the molecule is Brc1nc2c(I)cccc2s1. The first kappa shape index (κ1) is 7.94. The third-order valence-corrected chi connectivity index (χ3v) is 3.69. The maximum Gasteiger partial charge on any atom is 0.160 e. The molecule has 0 atom stereocenters. The molecular weight excluding hydrogens is 337 g/mol. The first-order valence-corrected chi connectivity index (χ1v) is 5.67. The zero-order valence-corrected chi connectivity index (χ0v) is 9.90. The molecule has 1 aromatic carbocycles. The van der Waals surface area contributed by atoms with Gasteiger partial charge in [-0.25, -0.2) is 4.98 Å². The summed E-state index contributed by atoms with van der Waals surface area (Å²) >= 11 is 7.32. The topological polar surface area (TPSA) is 12.9 Å². The summed E-state index contributed by atoms with van der Waals surface area (Å²) in [6.45, 7) is 0. The minimum atomic E-state index is 0.955. The Hall–Kier alpha value is 0.320. The summed E-state index contributed by atoms with van der Waals surface area (Å²) in [5, 5.41) is 0. The number of halogens is 2. The highest BCUT2D eigenvalue weighted by molar-refractivity contribution is 14.1. The minimum Gasteiger partial charge on any atom is -0.228 e. The summed E-state index contributed by atoms with van der Waals surface area (Å²) in [6.07, 6.45) is 0. The van der Waals surface area contributed by atoms with Crippen LogP contribution < -0.4 is 0 Å². The summed E-state index contributed by atoms with van der Waals surface area (Å²) in [7, 11) is 0. The second kappa shape index (κ2) is 2.99.